The number of carbonyl (C=O) groups is 1. The summed E-state index contributed by atoms with van der Waals surface area (Å²) in [6, 6.07) is 0. The summed E-state index contributed by atoms with van der Waals surface area (Å²) in [5.74, 6) is 0. The molecule has 0 aromatic rings. The number of rotatable bonds is 1. The number of hydrogen-bond acceptors (Lipinski definition) is 3. The lowest BCUT2D eigenvalue weighted by Crippen LogP contribution is -2.43. The summed E-state index contributed by atoms with van der Waals surface area (Å²) < 4.78 is 0. The van der Waals surface area contributed by atoms with E-state index >= 15 is 0 Å². The highest BCUT2D eigenvalue weighted by atomic mass is 16.1. The number of carbonyl (C=O) groups excluding carboxylic acids is 1. The van der Waals surface area contributed by atoms with E-state index in [9.17, 15) is 4.79 Å². The fourth-order valence-corrected chi connectivity index (χ4v) is 0.559. The second-order valence-electron chi connectivity index (χ2n) is 2.14. The van der Waals surface area contributed by atoms with Crippen molar-refractivity contribution in [3.8, 4) is 0 Å². The predicted octanol–water partition coefficient (Wildman–Crippen LogP) is 0.0892. The maximum atomic E-state index is 10.3. The van der Waals surface area contributed by atoms with Crippen LogP contribution in [0.25, 0.3) is 0 Å². The van der Waals surface area contributed by atoms with E-state index in [1.807, 2.05) is 0 Å². The van der Waals surface area contributed by atoms with E-state index in [2.05, 4.69) is 10.3 Å². The normalized spacial score (nSPS) is 31.7. The monoisotopic (exact) mass is 124 g/mol. The molecule has 48 valence electrons. The summed E-state index contributed by atoms with van der Waals surface area (Å²) >= 11 is 0. The van der Waals surface area contributed by atoms with E-state index in [-0.39, 0.29) is 0 Å². The number of hydrogen-bond donors (Lipinski definition) is 1. The van der Waals surface area contributed by atoms with Crippen molar-refractivity contribution in [3.63, 3.8) is 0 Å². The second kappa shape index (κ2) is 2.01. The number of nitrogens with zero attached hydrogens (tertiary/aromatic N) is 1. The molecule has 1 N–H and O–H groups in total. The average Bonchev–Trinajstić information content (AvgIpc) is 1.90. The molecular formula is C6H8N2O. The van der Waals surface area contributed by atoms with E-state index in [1.54, 1.807) is 25.5 Å². The van der Waals surface area contributed by atoms with Gasteiger partial charge in [-0.3, -0.25) is 4.99 Å². The molecule has 0 aliphatic carbocycles. The van der Waals surface area contributed by atoms with Gasteiger partial charge >= 0.3 is 0 Å². The van der Waals surface area contributed by atoms with Crippen LogP contribution in [0.5, 0.6) is 0 Å². The van der Waals surface area contributed by atoms with Crippen molar-refractivity contribution < 1.29 is 4.79 Å². The minimum atomic E-state index is -0.589. The van der Waals surface area contributed by atoms with Gasteiger partial charge in [0.25, 0.3) is 0 Å². The molecule has 3 nitrogen and oxygen atoms in total. The van der Waals surface area contributed by atoms with E-state index in [0.29, 0.717) is 0 Å². The van der Waals surface area contributed by atoms with E-state index < -0.39 is 5.54 Å². The summed E-state index contributed by atoms with van der Waals surface area (Å²) in [6.07, 6.45) is 5.64. The standard InChI is InChI=1S/C6H8N2O/c1-6(5-9)4-7-2-3-8-6/h2-5,8H,1H3. The first-order valence-electron chi connectivity index (χ1n) is 2.70. The smallest absolute Gasteiger partial charge is 0.150 e. The molecule has 0 saturated carbocycles. The summed E-state index contributed by atoms with van der Waals surface area (Å²) in [5, 5.41) is 2.85. The Balaban J connectivity index is 2.73. The Bertz CT molecular complexity index is 174. The van der Waals surface area contributed by atoms with E-state index in [1.165, 1.54) is 0 Å². The van der Waals surface area contributed by atoms with Crippen LogP contribution >= 0.6 is 0 Å². The Labute approximate surface area is 53.5 Å². The summed E-state index contributed by atoms with van der Waals surface area (Å²) in [4.78, 5) is 14.1. The zero-order chi connectivity index (χ0) is 6.74. The molecule has 0 aromatic heterocycles. The molecule has 0 bridgehead atoms. The first kappa shape index (κ1) is 6.01. The van der Waals surface area contributed by atoms with Gasteiger partial charge in [0.2, 0.25) is 0 Å². The van der Waals surface area contributed by atoms with Gasteiger partial charge in [-0.05, 0) is 6.92 Å². The zero-order valence-corrected chi connectivity index (χ0v) is 5.16. The van der Waals surface area contributed by atoms with Crippen LogP contribution in [0.2, 0.25) is 0 Å². The Hall–Kier alpha value is -1.12. The molecule has 0 saturated heterocycles. The maximum absolute atomic E-state index is 10.3. The first-order chi connectivity index (χ1) is 4.27. The number of aliphatic imine (C=N–C) groups is 1. The Morgan fingerprint density at radius 2 is 2.56 bits per heavy atom. The lowest BCUT2D eigenvalue weighted by atomic mass is 10.1. The molecule has 3 heteroatoms. The Morgan fingerprint density at radius 1 is 1.78 bits per heavy atom. The fraction of sp³-hybridized carbons (Fsp3) is 0.333. The molecule has 1 aliphatic heterocycles. The lowest BCUT2D eigenvalue weighted by Gasteiger charge is -2.19. The lowest BCUT2D eigenvalue weighted by molar-refractivity contribution is -0.110. The molecule has 1 aliphatic rings. The molecule has 1 unspecified atom stereocenters. The van der Waals surface area contributed by atoms with Crippen molar-refractivity contribution in [1.29, 1.82) is 0 Å². The van der Waals surface area contributed by atoms with Crippen molar-refractivity contribution in [2.45, 2.75) is 12.5 Å². The van der Waals surface area contributed by atoms with Crippen LogP contribution in [0.4, 0.5) is 0 Å². The van der Waals surface area contributed by atoms with Crippen LogP contribution in [0, 0.1) is 0 Å². The average molecular weight is 124 g/mol. The Kier molecular flexibility index (Phi) is 1.34. The molecule has 0 aromatic carbocycles. The highest BCUT2D eigenvalue weighted by molar-refractivity contribution is 5.92. The van der Waals surface area contributed by atoms with Gasteiger partial charge in [-0.15, -0.1) is 0 Å². The summed E-state index contributed by atoms with van der Waals surface area (Å²) in [7, 11) is 0. The molecule has 1 rings (SSSR count). The minimum absolute atomic E-state index is 0.589. The molecule has 9 heavy (non-hydrogen) atoms. The topological polar surface area (TPSA) is 41.5 Å². The van der Waals surface area contributed by atoms with Gasteiger partial charge in [0.1, 0.15) is 5.54 Å². The van der Waals surface area contributed by atoms with Crippen molar-refractivity contribution in [3.05, 3.63) is 12.4 Å². The summed E-state index contributed by atoms with van der Waals surface area (Å²) in [6.45, 7) is 1.76. The van der Waals surface area contributed by atoms with Gasteiger partial charge in [-0.2, -0.15) is 0 Å². The van der Waals surface area contributed by atoms with Gasteiger partial charge in [0, 0.05) is 18.6 Å². The van der Waals surface area contributed by atoms with Gasteiger partial charge < -0.3 is 10.1 Å². The third-order valence-electron chi connectivity index (χ3n) is 1.14. The van der Waals surface area contributed by atoms with Gasteiger partial charge in [0.15, 0.2) is 6.29 Å². The zero-order valence-electron chi connectivity index (χ0n) is 5.16. The van der Waals surface area contributed by atoms with Crippen LogP contribution in [-0.4, -0.2) is 18.0 Å². The van der Waals surface area contributed by atoms with E-state index in [4.69, 9.17) is 0 Å². The fourth-order valence-electron chi connectivity index (χ4n) is 0.559. The largest absolute Gasteiger partial charge is 0.374 e. The van der Waals surface area contributed by atoms with Crippen LogP contribution in [0.1, 0.15) is 6.92 Å². The molecule has 0 amide bonds. The Morgan fingerprint density at radius 3 is 2.89 bits per heavy atom. The first-order valence-corrected chi connectivity index (χ1v) is 2.70. The quantitative estimate of drug-likeness (QED) is 0.503. The third-order valence-corrected chi connectivity index (χ3v) is 1.14. The van der Waals surface area contributed by atoms with Crippen molar-refractivity contribution in [2.24, 2.45) is 4.99 Å². The van der Waals surface area contributed by atoms with Gasteiger partial charge in [-0.1, -0.05) is 0 Å². The molecule has 0 fully saturated rings. The molecular weight excluding hydrogens is 116 g/mol. The van der Waals surface area contributed by atoms with E-state index in [0.717, 1.165) is 6.29 Å². The molecule has 0 spiro atoms. The molecule has 1 heterocycles. The predicted molar refractivity (Wildman–Crippen MR) is 35.2 cm³/mol. The molecule has 1 atom stereocenters. The minimum Gasteiger partial charge on any atom is -0.374 e. The third kappa shape index (κ3) is 1.16. The van der Waals surface area contributed by atoms with Crippen LogP contribution in [-0.2, 0) is 4.79 Å². The van der Waals surface area contributed by atoms with Crippen molar-refractivity contribution in [1.82, 2.24) is 5.32 Å². The number of nitrogens with one attached hydrogen (secondary N) is 1. The highest BCUT2D eigenvalue weighted by Gasteiger charge is 2.19. The van der Waals surface area contributed by atoms with Crippen LogP contribution in [0.3, 0.4) is 0 Å². The summed E-state index contributed by atoms with van der Waals surface area (Å²) in [5.41, 5.74) is -0.589. The highest BCUT2D eigenvalue weighted by Crippen LogP contribution is 1.98. The molecule has 0 radical (unpaired) electrons. The van der Waals surface area contributed by atoms with Crippen LogP contribution in [0.15, 0.2) is 17.4 Å². The van der Waals surface area contributed by atoms with Gasteiger partial charge in [-0.25, -0.2) is 0 Å². The SMILES string of the molecule is CC1(C=O)C=NC=CN1. The van der Waals surface area contributed by atoms with Gasteiger partial charge in [0.05, 0.1) is 0 Å². The maximum Gasteiger partial charge on any atom is 0.150 e. The number of aldehydes is 1. The van der Waals surface area contributed by atoms with Crippen molar-refractivity contribution >= 4 is 12.5 Å². The second-order valence-corrected chi connectivity index (χ2v) is 2.14. The van der Waals surface area contributed by atoms with Crippen LogP contribution < -0.4 is 5.32 Å². The van der Waals surface area contributed by atoms with Crippen molar-refractivity contribution in [2.75, 3.05) is 0 Å².